The van der Waals surface area contributed by atoms with Crippen molar-refractivity contribution < 1.29 is 18.7 Å². The smallest absolute Gasteiger partial charge is 0.343 e. The second kappa shape index (κ2) is 14.9. The van der Waals surface area contributed by atoms with Crippen LogP contribution < -0.4 is 9.47 Å². The number of hydrogen-bond acceptors (Lipinski definition) is 5. The quantitative estimate of drug-likeness (QED) is 0.127. The van der Waals surface area contributed by atoms with Gasteiger partial charge in [0.25, 0.3) is 0 Å². The van der Waals surface area contributed by atoms with E-state index in [0.717, 1.165) is 12.0 Å². The van der Waals surface area contributed by atoms with Crippen molar-refractivity contribution in [3.63, 3.8) is 0 Å². The maximum atomic E-state index is 13.0. The molecular weight excluding hydrogens is 443 g/mol. The summed E-state index contributed by atoms with van der Waals surface area (Å²) >= 11 is 0. The number of halogens is 1. The molecule has 0 bridgehead atoms. The van der Waals surface area contributed by atoms with Crippen LogP contribution in [0, 0.1) is 5.82 Å². The van der Waals surface area contributed by atoms with Crippen LogP contribution in [0.3, 0.4) is 0 Å². The summed E-state index contributed by atoms with van der Waals surface area (Å²) in [5.74, 6) is 0.667. The number of carbonyl (C=O) groups excluding carboxylic acids is 1. The lowest BCUT2D eigenvalue weighted by Crippen LogP contribution is -2.08. The first-order chi connectivity index (χ1) is 17.2. The highest BCUT2D eigenvalue weighted by atomic mass is 19.1. The van der Waals surface area contributed by atoms with E-state index in [1.54, 1.807) is 36.7 Å². The van der Waals surface area contributed by atoms with Crippen LogP contribution in [0.5, 0.6) is 11.5 Å². The normalized spacial score (nSPS) is 10.8. The Bertz CT molecular complexity index is 1010. The highest BCUT2D eigenvalue weighted by Gasteiger charge is 2.09. The molecule has 35 heavy (non-hydrogen) atoms. The van der Waals surface area contributed by atoms with E-state index in [1.807, 2.05) is 0 Å². The predicted octanol–water partition coefficient (Wildman–Crippen LogP) is 7.80. The van der Waals surface area contributed by atoms with Gasteiger partial charge >= 0.3 is 5.97 Å². The molecule has 1 heterocycles. The van der Waals surface area contributed by atoms with E-state index < -0.39 is 11.8 Å². The molecule has 0 aliphatic carbocycles. The summed E-state index contributed by atoms with van der Waals surface area (Å²) in [4.78, 5) is 20.9. The van der Waals surface area contributed by atoms with Crippen molar-refractivity contribution in [3.05, 3.63) is 72.3 Å². The second-order valence-electron chi connectivity index (χ2n) is 8.69. The van der Waals surface area contributed by atoms with E-state index >= 15 is 0 Å². The van der Waals surface area contributed by atoms with Gasteiger partial charge in [0, 0.05) is 5.56 Å². The monoisotopic (exact) mass is 478 g/mol. The van der Waals surface area contributed by atoms with Crippen molar-refractivity contribution in [1.29, 1.82) is 0 Å². The Morgan fingerprint density at radius 3 is 1.91 bits per heavy atom. The van der Waals surface area contributed by atoms with E-state index in [-0.39, 0.29) is 5.56 Å². The van der Waals surface area contributed by atoms with Gasteiger partial charge in [-0.05, 0) is 55.0 Å². The number of rotatable bonds is 15. The zero-order chi connectivity index (χ0) is 24.7. The van der Waals surface area contributed by atoms with Crippen molar-refractivity contribution >= 4 is 5.97 Å². The van der Waals surface area contributed by atoms with Gasteiger partial charge in [-0.2, -0.15) is 0 Å². The Morgan fingerprint density at radius 1 is 0.743 bits per heavy atom. The minimum atomic E-state index is -0.544. The lowest BCUT2D eigenvalue weighted by molar-refractivity contribution is 0.0734. The second-order valence-corrected chi connectivity index (χ2v) is 8.69. The van der Waals surface area contributed by atoms with Gasteiger partial charge in [-0.1, -0.05) is 64.7 Å². The molecule has 186 valence electrons. The summed E-state index contributed by atoms with van der Waals surface area (Å²) in [6.07, 6.45) is 16.3. The van der Waals surface area contributed by atoms with Crippen LogP contribution in [-0.4, -0.2) is 22.5 Å². The van der Waals surface area contributed by atoms with Gasteiger partial charge in [0.1, 0.15) is 11.6 Å². The molecule has 0 aliphatic heterocycles. The molecule has 5 nitrogen and oxygen atoms in total. The lowest BCUT2D eigenvalue weighted by atomic mass is 10.1. The summed E-state index contributed by atoms with van der Waals surface area (Å²) in [5.41, 5.74) is 1.08. The maximum Gasteiger partial charge on any atom is 0.343 e. The predicted molar refractivity (Wildman–Crippen MR) is 136 cm³/mol. The average Bonchev–Trinajstić information content (AvgIpc) is 2.88. The minimum absolute atomic E-state index is 0.284. The molecule has 0 saturated heterocycles. The maximum absolute atomic E-state index is 13.0. The SMILES string of the molecule is CCCCCCCCCCCCOc1cnc(-c2ccc(OC(=O)c3ccc(F)cc3)cc2)nc1. The van der Waals surface area contributed by atoms with Gasteiger partial charge < -0.3 is 9.47 Å². The Balaban J connectivity index is 1.35. The molecule has 0 unspecified atom stereocenters. The fourth-order valence-electron chi connectivity index (χ4n) is 3.74. The number of hydrogen-bond donors (Lipinski definition) is 0. The van der Waals surface area contributed by atoms with E-state index in [1.165, 1.54) is 82.1 Å². The minimum Gasteiger partial charge on any atom is -0.490 e. The average molecular weight is 479 g/mol. The van der Waals surface area contributed by atoms with Crippen molar-refractivity contribution in [3.8, 4) is 22.9 Å². The number of ether oxygens (including phenoxy) is 2. The molecule has 0 amide bonds. The van der Waals surface area contributed by atoms with E-state index in [0.29, 0.717) is 23.9 Å². The van der Waals surface area contributed by atoms with Crippen LogP contribution in [0.15, 0.2) is 60.9 Å². The van der Waals surface area contributed by atoms with Crippen LogP contribution in [0.4, 0.5) is 4.39 Å². The lowest BCUT2D eigenvalue weighted by Gasteiger charge is -2.07. The molecule has 0 atom stereocenters. The Kier molecular flexibility index (Phi) is 11.2. The number of carbonyl (C=O) groups is 1. The summed E-state index contributed by atoms with van der Waals surface area (Å²) in [6.45, 7) is 2.93. The number of esters is 1. The summed E-state index contributed by atoms with van der Waals surface area (Å²) in [5, 5.41) is 0. The molecule has 0 radical (unpaired) electrons. The first kappa shape index (κ1) is 26.3. The number of aromatic nitrogens is 2. The summed E-state index contributed by atoms with van der Waals surface area (Å²) in [6, 6.07) is 12.1. The van der Waals surface area contributed by atoms with Crippen LogP contribution in [0.25, 0.3) is 11.4 Å². The molecule has 0 aliphatic rings. The molecule has 1 aromatic heterocycles. The zero-order valence-electron chi connectivity index (χ0n) is 20.5. The fourth-order valence-corrected chi connectivity index (χ4v) is 3.74. The zero-order valence-corrected chi connectivity index (χ0v) is 20.5. The summed E-state index contributed by atoms with van der Waals surface area (Å²) in [7, 11) is 0. The van der Waals surface area contributed by atoms with Gasteiger partial charge in [0.2, 0.25) is 0 Å². The third-order valence-corrected chi connectivity index (χ3v) is 5.80. The van der Waals surface area contributed by atoms with E-state index in [9.17, 15) is 9.18 Å². The molecule has 0 spiro atoms. The van der Waals surface area contributed by atoms with Crippen LogP contribution in [-0.2, 0) is 0 Å². The Labute approximate surface area is 207 Å². The van der Waals surface area contributed by atoms with E-state index in [2.05, 4.69) is 16.9 Å². The van der Waals surface area contributed by atoms with Gasteiger partial charge in [0.15, 0.2) is 11.6 Å². The van der Waals surface area contributed by atoms with Crippen LogP contribution in [0.1, 0.15) is 81.5 Å². The summed E-state index contributed by atoms with van der Waals surface area (Å²) < 4.78 is 24.1. The van der Waals surface area contributed by atoms with Crippen LogP contribution >= 0.6 is 0 Å². The molecule has 3 aromatic rings. The third kappa shape index (κ3) is 9.47. The molecule has 0 fully saturated rings. The third-order valence-electron chi connectivity index (χ3n) is 5.80. The number of unbranched alkanes of at least 4 members (excludes halogenated alkanes) is 9. The largest absolute Gasteiger partial charge is 0.490 e. The molecule has 2 aromatic carbocycles. The molecular formula is C29H35FN2O3. The van der Waals surface area contributed by atoms with Crippen molar-refractivity contribution in [2.45, 2.75) is 71.1 Å². The van der Waals surface area contributed by atoms with Gasteiger partial charge in [-0.15, -0.1) is 0 Å². The van der Waals surface area contributed by atoms with Crippen molar-refractivity contribution in [2.24, 2.45) is 0 Å². The first-order valence-corrected chi connectivity index (χ1v) is 12.7. The molecule has 3 rings (SSSR count). The molecule has 0 saturated carbocycles. The molecule has 6 heteroatoms. The highest BCUT2D eigenvalue weighted by Crippen LogP contribution is 2.21. The number of benzene rings is 2. The van der Waals surface area contributed by atoms with Gasteiger partial charge in [0.05, 0.1) is 24.6 Å². The molecule has 0 N–H and O–H groups in total. The van der Waals surface area contributed by atoms with E-state index in [4.69, 9.17) is 9.47 Å². The number of nitrogens with zero attached hydrogens (tertiary/aromatic N) is 2. The highest BCUT2D eigenvalue weighted by molar-refractivity contribution is 5.91. The fraction of sp³-hybridized carbons (Fsp3) is 0.414. The van der Waals surface area contributed by atoms with Crippen molar-refractivity contribution in [1.82, 2.24) is 9.97 Å². The van der Waals surface area contributed by atoms with Crippen molar-refractivity contribution in [2.75, 3.05) is 6.61 Å². The van der Waals surface area contributed by atoms with Gasteiger partial charge in [-0.25, -0.2) is 19.2 Å². The standard InChI is InChI=1S/C29H35FN2O3/c1-2-3-4-5-6-7-8-9-10-11-20-34-27-21-31-28(32-22-27)23-14-18-26(19-15-23)35-29(33)24-12-16-25(30)17-13-24/h12-19,21-22H,2-11,20H2,1H3. The Morgan fingerprint density at radius 2 is 1.31 bits per heavy atom. The first-order valence-electron chi connectivity index (χ1n) is 12.7. The topological polar surface area (TPSA) is 61.3 Å². The van der Waals surface area contributed by atoms with Crippen LogP contribution in [0.2, 0.25) is 0 Å². The Hall–Kier alpha value is -3.28. The van der Waals surface area contributed by atoms with Gasteiger partial charge in [-0.3, -0.25) is 0 Å².